The first-order chi connectivity index (χ1) is 11.7. The van der Waals surface area contributed by atoms with Gasteiger partial charge in [0.05, 0.1) is 19.7 Å². The second kappa shape index (κ2) is 7.49. The van der Waals surface area contributed by atoms with Gasteiger partial charge in [0.25, 0.3) is 0 Å². The van der Waals surface area contributed by atoms with Crippen molar-refractivity contribution in [1.29, 1.82) is 0 Å². The van der Waals surface area contributed by atoms with Crippen LogP contribution in [0.25, 0.3) is 0 Å². The third kappa shape index (κ3) is 3.76. The average molecular weight is 328 g/mol. The molecule has 3 rings (SSSR count). The van der Waals surface area contributed by atoms with E-state index in [2.05, 4.69) is 17.3 Å². The zero-order valence-corrected chi connectivity index (χ0v) is 14.2. The van der Waals surface area contributed by atoms with Crippen molar-refractivity contribution in [3.05, 3.63) is 42.7 Å². The molecule has 0 spiro atoms. The van der Waals surface area contributed by atoms with E-state index in [9.17, 15) is 4.79 Å². The van der Waals surface area contributed by atoms with E-state index >= 15 is 0 Å². The number of rotatable bonds is 6. The molecule has 1 aromatic heterocycles. The second-order valence-corrected chi connectivity index (χ2v) is 6.18. The van der Waals surface area contributed by atoms with Crippen molar-refractivity contribution < 1.29 is 9.53 Å². The van der Waals surface area contributed by atoms with Crippen LogP contribution in [-0.4, -0.2) is 41.4 Å². The van der Waals surface area contributed by atoms with Crippen LogP contribution in [0.2, 0.25) is 0 Å². The summed E-state index contributed by atoms with van der Waals surface area (Å²) in [6.07, 6.45) is 5.55. The summed E-state index contributed by atoms with van der Waals surface area (Å²) in [5.41, 5.74) is 0.894. The predicted molar refractivity (Wildman–Crippen MR) is 93.2 cm³/mol. The van der Waals surface area contributed by atoms with E-state index in [0.717, 1.165) is 37.4 Å². The molecule has 1 fully saturated rings. The first-order valence-electron chi connectivity index (χ1n) is 8.36. The summed E-state index contributed by atoms with van der Waals surface area (Å²) < 4.78 is 7.15. The van der Waals surface area contributed by atoms with Crippen molar-refractivity contribution in [3.8, 4) is 5.75 Å². The first kappa shape index (κ1) is 16.5. The maximum atomic E-state index is 12.9. The fourth-order valence-corrected chi connectivity index (χ4v) is 3.15. The van der Waals surface area contributed by atoms with Crippen LogP contribution in [0.1, 0.15) is 19.8 Å². The third-order valence-corrected chi connectivity index (χ3v) is 4.31. The highest BCUT2D eigenvalue weighted by Gasteiger charge is 2.30. The van der Waals surface area contributed by atoms with Gasteiger partial charge in [0, 0.05) is 36.7 Å². The minimum absolute atomic E-state index is 0.127. The van der Waals surface area contributed by atoms with E-state index in [0.29, 0.717) is 0 Å². The Hall–Kier alpha value is -2.34. The van der Waals surface area contributed by atoms with Gasteiger partial charge in [-0.25, -0.2) is 0 Å². The molecule has 1 aromatic carbocycles. The molecule has 24 heavy (non-hydrogen) atoms. The number of carbonyl (C=O) groups excluding carboxylic acids is 1. The maximum absolute atomic E-state index is 12.9. The minimum atomic E-state index is -0.157. The lowest BCUT2D eigenvalue weighted by Gasteiger charge is -2.34. The van der Waals surface area contributed by atoms with Crippen LogP contribution in [0.15, 0.2) is 42.7 Å². The Labute approximate surface area is 142 Å². The average Bonchev–Trinajstić information content (AvgIpc) is 3.09. The highest BCUT2D eigenvalue weighted by atomic mass is 16.5. The Balaban J connectivity index is 1.65. The summed E-state index contributed by atoms with van der Waals surface area (Å²) in [4.78, 5) is 14.7. The van der Waals surface area contributed by atoms with E-state index in [1.54, 1.807) is 13.3 Å². The smallest absolute Gasteiger partial charge is 0.244 e. The van der Waals surface area contributed by atoms with Gasteiger partial charge in [0.2, 0.25) is 5.91 Å². The number of aromatic nitrogens is 2. The Kier molecular flexibility index (Phi) is 5.15. The zero-order valence-electron chi connectivity index (χ0n) is 14.2. The van der Waals surface area contributed by atoms with Gasteiger partial charge >= 0.3 is 0 Å². The Morgan fingerprint density at radius 2 is 2.29 bits per heavy atom. The van der Waals surface area contributed by atoms with Crippen molar-refractivity contribution in [3.63, 3.8) is 0 Å². The topological polar surface area (TPSA) is 59.4 Å². The highest BCUT2D eigenvalue weighted by molar-refractivity contribution is 5.98. The SMILES string of the molecule is COc1cccc(N2CCC[C@@H](N[C@H](C)Cn3cccn3)C2=O)c1. The molecule has 128 valence electrons. The molecule has 1 aliphatic heterocycles. The number of hydrogen-bond donors (Lipinski definition) is 1. The molecular formula is C18H24N4O2. The fourth-order valence-electron chi connectivity index (χ4n) is 3.15. The van der Waals surface area contributed by atoms with Crippen LogP contribution in [0.5, 0.6) is 5.75 Å². The van der Waals surface area contributed by atoms with Crippen LogP contribution >= 0.6 is 0 Å². The summed E-state index contributed by atoms with van der Waals surface area (Å²) in [7, 11) is 1.64. The van der Waals surface area contributed by atoms with E-state index in [1.165, 1.54) is 0 Å². The Bertz CT molecular complexity index is 671. The van der Waals surface area contributed by atoms with Crippen LogP contribution in [0.4, 0.5) is 5.69 Å². The Morgan fingerprint density at radius 1 is 1.42 bits per heavy atom. The zero-order chi connectivity index (χ0) is 16.9. The monoisotopic (exact) mass is 328 g/mol. The van der Waals surface area contributed by atoms with E-state index < -0.39 is 0 Å². The van der Waals surface area contributed by atoms with Crippen molar-refractivity contribution >= 4 is 11.6 Å². The van der Waals surface area contributed by atoms with Gasteiger partial charge < -0.3 is 15.0 Å². The lowest BCUT2D eigenvalue weighted by Crippen LogP contribution is -2.53. The van der Waals surface area contributed by atoms with E-state index in [-0.39, 0.29) is 18.0 Å². The molecule has 1 saturated heterocycles. The predicted octanol–water partition coefficient (Wildman–Crippen LogP) is 2.07. The maximum Gasteiger partial charge on any atom is 0.244 e. The molecule has 2 heterocycles. The van der Waals surface area contributed by atoms with Gasteiger partial charge in [-0.1, -0.05) is 6.07 Å². The number of piperidine rings is 1. The molecule has 1 aliphatic rings. The molecule has 0 unspecified atom stereocenters. The van der Waals surface area contributed by atoms with Crippen molar-refractivity contribution in [2.45, 2.75) is 38.4 Å². The molecule has 1 N–H and O–H groups in total. The van der Waals surface area contributed by atoms with Gasteiger partial charge in [0.15, 0.2) is 0 Å². The second-order valence-electron chi connectivity index (χ2n) is 6.18. The van der Waals surface area contributed by atoms with Gasteiger partial charge in [-0.15, -0.1) is 0 Å². The number of nitrogens with one attached hydrogen (secondary N) is 1. The molecule has 0 aliphatic carbocycles. The molecule has 0 bridgehead atoms. The summed E-state index contributed by atoms with van der Waals surface area (Å²) in [6.45, 7) is 3.58. The number of nitrogens with zero attached hydrogens (tertiary/aromatic N) is 3. The lowest BCUT2D eigenvalue weighted by molar-refractivity contribution is -0.122. The summed E-state index contributed by atoms with van der Waals surface area (Å²) >= 11 is 0. The molecule has 2 aromatic rings. The minimum Gasteiger partial charge on any atom is -0.497 e. The quantitative estimate of drug-likeness (QED) is 0.882. The van der Waals surface area contributed by atoms with E-state index in [1.807, 2.05) is 46.1 Å². The summed E-state index contributed by atoms with van der Waals surface area (Å²) in [6, 6.07) is 9.59. The molecule has 6 heteroatoms. The summed E-state index contributed by atoms with van der Waals surface area (Å²) in [5, 5.41) is 7.67. The first-order valence-corrected chi connectivity index (χ1v) is 8.36. The molecule has 0 saturated carbocycles. The number of carbonyl (C=O) groups is 1. The fraction of sp³-hybridized carbons (Fsp3) is 0.444. The normalized spacial score (nSPS) is 19.3. The van der Waals surface area contributed by atoms with Crippen LogP contribution in [0.3, 0.4) is 0 Å². The van der Waals surface area contributed by atoms with Gasteiger partial charge in [0.1, 0.15) is 5.75 Å². The Morgan fingerprint density at radius 3 is 3.04 bits per heavy atom. The van der Waals surface area contributed by atoms with Crippen LogP contribution in [-0.2, 0) is 11.3 Å². The number of amides is 1. The molecular weight excluding hydrogens is 304 g/mol. The molecule has 6 nitrogen and oxygen atoms in total. The number of hydrogen-bond acceptors (Lipinski definition) is 4. The molecule has 2 atom stereocenters. The molecule has 1 amide bonds. The molecule has 0 radical (unpaired) electrons. The standard InChI is InChI=1S/C18H24N4O2/c1-14(13-21-10-5-9-19-21)20-17-8-4-11-22(18(17)23)15-6-3-7-16(12-15)24-2/h3,5-7,9-10,12,14,17,20H,4,8,11,13H2,1-2H3/t14-,17-/m1/s1. The van der Waals surface area contributed by atoms with Crippen molar-refractivity contribution in [2.75, 3.05) is 18.6 Å². The third-order valence-electron chi connectivity index (χ3n) is 4.31. The number of ether oxygens (including phenoxy) is 1. The van der Waals surface area contributed by atoms with Crippen molar-refractivity contribution in [2.24, 2.45) is 0 Å². The van der Waals surface area contributed by atoms with Gasteiger partial charge in [-0.3, -0.25) is 9.48 Å². The van der Waals surface area contributed by atoms with Gasteiger partial charge in [-0.2, -0.15) is 5.10 Å². The lowest BCUT2D eigenvalue weighted by atomic mass is 10.0. The number of methoxy groups -OCH3 is 1. The largest absolute Gasteiger partial charge is 0.497 e. The highest BCUT2D eigenvalue weighted by Crippen LogP contribution is 2.25. The van der Waals surface area contributed by atoms with E-state index in [4.69, 9.17) is 4.74 Å². The van der Waals surface area contributed by atoms with Crippen LogP contribution in [0, 0.1) is 0 Å². The number of anilines is 1. The van der Waals surface area contributed by atoms with Gasteiger partial charge in [-0.05, 0) is 38.0 Å². The van der Waals surface area contributed by atoms with Crippen LogP contribution < -0.4 is 15.0 Å². The van der Waals surface area contributed by atoms with Crippen molar-refractivity contribution in [1.82, 2.24) is 15.1 Å². The number of benzene rings is 1. The summed E-state index contributed by atoms with van der Waals surface area (Å²) in [5.74, 6) is 0.893.